The second kappa shape index (κ2) is 6.38. The van der Waals surface area contributed by atoms with Gasteiger partial charge in [-0.05, 0) is 24.6 Å². The highest BCUT2D eigenvalue weighted by molar-refractivity contribution is 6.31. The summed E-state index contributed by atoms with van der Waals surface area (Å²) in [5, 5.41) is 3.90. The van der Waals surface area contributed by atoms with Crippen LogP contribution in [-0.2, 0) is 0 Å². The van der Waals surface area contributed by atoms with Crippen molar-refractivity contribution >= 4 is 17.4 Å². The van der Waals surface area contributed by atoms with Crippen LogP contribution in [0.25, 0.3) is 11.3 Å². The van der Waals surface area contributed by atoms with Crippen LogP contribution in [0.5, 0.6) is 5.75 Å². The van der Waals surface area contributed by atoms with Gasteiger partial charge in [0.05, 0.1) is 7.11 Å². The summed E-state index contributed by atoms with van der Waals surface area (Å²) in [5.74, 6) is 1.47. The third-order valence-electron chi connectivity index (χ3n) is 2.66. The normalized spacial score (nSPS) is 10.3. The molecule has 5 heteroatoms. The van der Waals surface area contributed by atoms with Crippen molar-refractivity contribution in [2.45, 2.75) is 13.3 Å². The molecule has 0 spiro atoms. The van der Waals surface area contributed by atoms with Gasteiger partial charge in [0.2, 0.25) is 0 Å². The number of ether oxygens (including phenoxy) is 1. The van der Waals surface area contributed by atoms with Crippen molar-refractivity contribution in [3.05, 3.63) is 35.6 Å². The van der Waals surface area contributed by atoms with Crippen molar-refractivity contribution in [1.29, 1.82) is 0 Å². The van der Waals surface area contributed by atoms with E-state index in [1.165, 1.54) is 0 Å². The van der Waals surface area contributed by atoms with Crippen LogP contribution >= 0.6 is 11.6 Å². The Morgan fingerprint density at radius 3 is 2.79 bits per heavy atom. The molecule has 0 unspecified atom stereocenters. The number of nitrogens with one attached hydrogen (secondary N) is 1. The molecule has 19 heavy (non-hydrogen) atoms. The second-order valence-corrected chi connectivity index (χ2v) is 4.46. The highest BCUT2D eigenvalue weighted by Gasteiger charge is 2.13. The number of hydrogen-bond donors (Lipinski definition) is 1. The van der Waals surface area contributed by atoms with E-state index in [-0.39, 0.29) is 0 Å². The van der Waals surface area contributed by atoms with Crippen LogP contribution in [0.4, 0.5) is 5.82 Å². The maximum atomic E-state index is 6.06. The average Bonchev–Trinajstić information content (AvgIpc) is 2.45. The number of nitrogens with zero attached hydrogens (tertiary/aromatic N) is 2. The topological polar surface area (TPSA) is 47.0 Å². The molecule has 0 bridgehead atoms. The first-order valence-corrected chi connectivity index (χ1v) is 6.52. The highest BCUT2D eigenvalue weighted by atomic mass is 35.5. The van der Waals surface area contributed by atoms with Crippen LogP contribution in [0.15, 0.2) is 30.6 Å². The number of hydrogen-bond acceptors (Lipinski definition) is 4. The van der Waals surface area contributed by atoms with Gasteiger partial charge in [-0.1, -0.05) is 18.5 Å². The summed E-state index contributed by atoms with van der Waals surface area (Å²) in [6.07, 6.45) is 4.34. The molecule has 2 rings (SSSR count). The molecule has 1 aromatic carbocycles. The fourth-order valence-corrected chi connectivity index (χ4v) is 1.95. The lowest BCUT2D eigenvalue weighted by Crippen LogP contribution is -2.05. The first kappa shape index (κ1) is 13.6. The lowest BCUT2D eigenvalue weighted by molar-refractivity contribution is 0.416. The number of benzene rings is 1. The van der Waals surface area contributed by atoms with E-state index >= 15 is 0 Å². The molecule has 0 radical (unpaired) electrons. The fraction of sp³-hybridized carbons (Fsp3) is 0.286. The Morgan fingerprint density at radius 1 is 1.26 bits per heavy atom. The van der Waals surface area contributed by atoms with Gasteiger partial charge < -0.3 is 10.1 Å². The van der Waals surface area contributed by atoms with E-state index in [2.05, 4.69) is 22.2 Å². The summed E-state index contributed by atoms with van der Waals surface area (Å²) < 4.78 is 5.36. The van der Waals surface area contributed by atoms with E-state index < -0.39 is 0 Å². The molecule has 0 atom stereocenters. The van der Waals surface area contributed by atoms with Crippen molar-refractivity contribution in [3.63, 3.8) is 0 Å². The van der Waals surface area contributed by atoms with Crippen LogP contribution < -0.4 is 10.1 Å². The summed E-state index contributed by atoms with van der Waals surface area (Å²) in [4.78, 5) is 8.71. The predicted octanol–water partition coefficient (Wildman–Crippen LogP) is 3.63. The van der Waals surface area contributed by atoms with E-state index in [1.807, 2.05) is 12.1 Å². The minimum absolute atomic E-state index is 0.642. The standard InChI is InChI=1S/C14H16ClN3O/c1-3-6-17-14-13(16-7-8-18-14)11-9-10(15)4-5-12(11)19-2/h4-5,7-9H,3,6H2,1-2H3,(H,17,18). The highest BCUT2D eigenvalue weighted by Crippen LogP contribution is 2.34. The first-order chi connectivity index (χ1) is 9.26. The Balaban J connectivity index is 2.48. The minimum Gasteiger partial charge on any atom is -0.496 e. The molecule has 0 saturated carbocycles. The van der Waals surface area contributed by atoms with Gasteiger partial charge >= 0.3 is 0 Å². The summed E-state index contributed by atoms with van der Waals surface area (Å²) in [6, 6.07) is 5.46. The smallest absolute Gasteiger partial charge is 0.152 e. The molecule has 1 aromatic heterocycles. The average molecular weight is 278 g/mol. The predicted molar refractivity (Wildman–Crippen MR) is 77.8 cm³/mol. The number of methoxy groups -OCH3 is 1. The molecule has 0 saturated heterocycles. The maximum Gasteiger partial charge on any atom is 0.152 e. The van der Waals surface area contributed by atoms with Crippen molar-refractivity contribution in [1.82, 2.24) is 9.97 Å². The quantitative estimate of drug-likeness (QED) is 0.907. The van der Waals surface area contributed by atoms with Crippen molar-refractivity contribution in [2.24, 2.45) is 0 Å². The van der Waals surface area contributed by atoms with Gasteiger partial charge in [0.25, 0.3) is 0 Å². The maximum absolute atomic E-state index is 6.06. The molecule has 0 aliphatic heterocycles. The number of rotatable bonds is 5. The Bertz CT molecular complexity index is 560. The van der Waals surface area contributed by atoms with Crippen molar-refractivity contribution in [3.8, 4) is 17.0 Å². The SMILES string of the molecule is CCCNc1nccnc1-c1cc(Cl)ccc1OC. The zero-order chi connectivity index (χ0) is 13.7. The lowest BCUT2D eigenvalue weighted by Gasteiger charge is -2.12. The van der Waals surface area contributed by atoms with Crippen molar-refractivity contribution < 1.29 is 4.74 Å². The molecule has 100 valence electrons. The molecule has 1 heterocycles. The van der Waals surface area contributed by atoms with E-state index in [0.717, 1.165) is 35.8 Å². The molecule has 0 amide bonds. The van der Waals surface area contributed by atoms with Crippen LogP contribution in [0.1, 0.15) is 13.3 Å². The zero-order valence-electron chi connectivity index (χ0n) is 11.0. The Kier molecular flexibility index (Phi) is 4.58. The van der Waals surface area contributed by atoms with Gasteiger partial charge in [0, 0.05) is 29.5 Å². The minimum atomic E-state index is 0.642. The third-order valence-corrected chi connectivity index (χ3v) is 2.89. The van der Waals surface area contributed by atoms with Crippen LogP contribution in [0.2, 0.25) is 5.02 Å². The molecule has 4 nitrogen and oxygen atoms in total. The van der Waals surface area contributed by atoms with Gasteiger partial charge in [-0.25, -0.2) is 4.98 Å². The first-order valence-electron chi connectivity index (χ1n) is 6.15. The molecule has 0 aliphatic carbocycles. The van der Waals surface area contributed by atoms with E-state index in [4.69, 9.17) is 16.3 Å². The summed E-state index contributed by atoms with van der Waals surface area (Å²) in [5.41, 5.74) is 1.58. The van der Waals surface area contributed by atoms with Gasteiger partial charge in [-0.3, -0.25) is 4.98 Å². The van der Waals surface area contributed by atoms with E-state index in [0.29, 0.717) is 5.02 Å². The molecule has 2 aromatic rings. The Hall–Kier alpha value is -1.81. The number of aromatic nitrogens is 2. The molecule has 0 aliphatic rings. The van der Waals surface area contributed by atoms with Gasteiger partial charge in [-0.2, -0.15) is 0 Å². The second-order valence-electron chi connectivity index (χ2n) is 4.02. The summed E-state index contributed by atoms with van der Waals surface area (Å²) in [7, 11) is 1.63. The Morgan fingerprint density at radius 2 is 2.05 bits per heavy atom. The van der Waals surface area contributed by atoms with Crippen molar-refractivity contribution in [2.75, 3.05) is 19.0 Å². The summed E-state index contributed by atoms with van der Waals surface area (Å²) >= 11 is 6.06. The zero-order valence-corrected chi connectivity index (χ0v) is 11.7. The Labute approximate surface area is 117 Å². The number of anilines is 1. The van der Waals surface area contributed by atoms with Crippen LogP contribution in [0.3, 0.4) is 0 Å². The third kappa shape index (κ3) is 3.15. The largest absolute Gasteiger partial charge is 0.496 e. The lowest BCUT2D eigenvalue weighted by atomic mass is 10.1. The fourth-order valence-electron chi connectivity index (χ4n) is 1.77. The summed E-state index contributed by atoms with van der Waals surface area (Å²) in [6.45, 7) is 2.94. The van der Waals surface area contributed by atoms with Gasteiger partial charge in [0.15, 0.2) is 5.82 Å². The molecular weight excluding hydrogens is 262 g/mol. The van der Waals surface area contributed by atoms with Gasteiger partial charge in [0.1, 0.15) is 11.4 Å². The number of halogens is 1. The molecule has 1 N–H and O–H groups in total. The van der Waals surface area contributed by atoms with Gasteiger partial charge in [-0.15, -0.1) is 0 Å². The van der Waals surface area contributed by atoms with Crippen LogP contribution in [0, 0.1) is 0 Å². The molecule has 0 fully saturated rings. The monoisotopic (exact) mass is 277 g/mol. The molecular formula is C14H16ClN3O. The van der Waals surface area contributed by atoms with E-state index in [9.17, 15) is 0 Å². The van der Waals surface area contributed by atoms with Crippen LogP contribution in [-0.4, -0.2) is 23.6 Å². The van der Waals surface area contributed by atoms with E-state index in [1.54, 1.807) is 25.6 Å².